The molecule has 2 aliphatic rings. The topological polar surface area (TPSA) is 229 Å². The van der Waals surface area contributed by atoms with Gasteiger partial charge in [0.15, 0.2) is 11.3 Å². The Bertz CT molecular complexity index is 1690. The minimum Gasteiger partial charge on any atom is -0.477 e. The summed E-state index contributed by atoms with van der Waals surface area (Å²) < 4.78 is 3.95. The summed E-state index contributed by atoms with van der Waals surface area (Å²) in [6.45, 7) is 0. The molecular formula is C25H21N9O6S2. The molecule has 0 radical (unpaired) electrons. The Morgan fingerprint density at radius 3 is 2.71 bits per heavy atom. The average Bonchev–Trinajstić information content (AvgIpc) is 3.64. The van der Waals surface area contributed by atoms with Gasteiger partial charge in [0, 0.05) is 23.5 Å². The summed E-state index contributed by atoms with van der Waals surface area (Å²) in [4.78, 5) is 62.7. The molecule has 3 aromatic rings. The van der Waals surface area contributed by atoms with Crippen LogP contribution in [0, 0.1) is 11.5 Å². The molecule has 15 nitrogen and oxygen atoms in total. The summed E-state index contributed by atoms with van der Waals surface area (Å²) in [5.74, 6) is -2.86. The minimum absolute atomic E-state index is 0.0577. The molecule has 2 aromatic heterocycles. The number of β-lactam (4-membered cyclic amide) rings is 1. The third-order valence-corrected chi connectivity index (χ3v) is 8.27. The van der Waals surface area contributed by atoms with Crippen molar-refractivity contribution in [2.45, 2.75) is 17.8 Å². The van der Waals surface area contributed by atoms with Gasteiger partial charge >= 0.3 is 5.97 Å². The van der Waals surface area contributed by atoms with E-state index in [4.69, 9.17) is 15.8 Å². The number of amides is 3. The van der Waals surface area contributed by atoms with E-state index in [0.717, 1.165) is 28.2 Å². The highest BCUT2D eigenvalue weighted by molar-refractivity contribution is 8.00. The predicted octanol–water partition coefficient (Wildman–Crippen LogP) is 0.658. The van der Waals surface area contributed by atoms with Gasteiger partial charge in [-0.3, -0.25) is 24.6 Å². The summed E-state index contributed by atoms with van der Waals surface area (Å²) in [6.07, 6.45) is 3.51. The van der Waals surface area contributed by atoms with E-state index in [2.05, 4.69) is 30.1 Å². The lowest BCUT2D eigenvalue weighted by molar-refractivity contribution is -0.150. The summed E-state index contributed by atoms with van der Waals surface area (Å²) in [7, 11) is 1.24. The van der Waals surface area contributed by atoms with E-state index in [1.165, 1.54) is 23.8 Å². The molecule has 2 aliphatic heterocycles. The van der Waals surface area contributed by atoms with Crippen molar-refractivity contribution < 1.29 is 29.1 Å². The number of hydrogen-bond acceptors (Lipinski definition) is 12. The zero-order valence-corrected chi connectivity index (χ0v) is 23.3. The van der Waals surface area contributed by atoms with Gasteiger partial charge in [0.25, 0.3) is 17.7 Å². The van der Waals surface area contributed by atoms with E-state index >= 15 is 0 Å². The number of nitriles is 1. The lowest BCUT2D eigenvalue weighted by Gasteiger charge is -2.49. The summed E-state index contributed by atoms with van der Waals surface area (Å²) in [5.41, 5.74) is 8.36. The highest BCUT2D eigenvalue weighted by atomic mass is 32.2. The Morgan fingerprint density at radius 1 is 1.31 bits per heavy atom. The number of aromatic nitrogens is 3. The molecule has 42 heavy (non-hydrogen) atoms. The molecule has 214 valence electrons. The number of nitrogens with two attached hydrogens (primary N) is 1. The van der Waals surface area contributed by atoms with Gasteiger partial charge in [0.1, 0.15) is 29.9 Å². The quantitative estimate of drug-likeness (QED) is 0.0746. The number of hydrogen-bond donors (Lipinski definition) is 5. The second kappa shape index (κ2) is 11.7. The van der Waals surface area contributed by atoms with Gasteiger partial charge in [-0.1, -0.05) is 29.4 Å². The van der Waals surface area contributed by atoms with Crippen molar-refractivity contribution in [1.29, 1.82) is 5.26 Å². The molecule has 3 amide bonds. The molecule has 17 heteroatoms. The fraction of sp³-hybridized carbons (Fsp3) is 0.200. The maximum atomic E-state index is 13.1. The number of H-pyrrole nitrogens is 1. The van der Waals surface area contributed by atoms with E-state index in [1.807, 2.05) is 24.3 Å². The first-order valence-corrected chi connectivity index (χ1v) is 13.9. The van der Waals surface area contributed by atoms with E-state index in [9.17, 15) is 24.3 Å². The number of rotatable bonds is 9. The number of fused-ring (bicyclic) bond motifs is 1. The smallest absolute Gasteiger partial charge is 0.352 e. The minimum atomic E-state index is -1.25. The van der Waals surface area contributed by atoms with Gasteiger partial charge in [0.05, 0.1) is 0 Å². The number of carboxylic acid groups (broad SMARTS) is 1. The normalized spacial score (nSPS) is 18.0. The number of aliphatic carboxylic acids is 1. The van der Waals surface area contributed by atoms with Crippen molar-refractivity contribution in [3.63, 3.8) is 0 Å². The summed E-state index contributed by atoms with van der Waals surface area (Å²) in [6, 6.07) is 7.94. The maximum Gasteiger partial charge on any atom is 0.352 e. The molecule has 1 aromatic carbocycles. The second-order valence-corrected chi connectivity index (χ2v) is 10.8. The monoisotopic (exact) mass is 607 g/mol. The maximum absolute atomic E-state index is 13.1. The lowest BCUT2D eigenvalue weighted by atomic mass is 9.97. The third kappa shape index (κ3) is 5.40. The van der Waals surface area contributed by atoms with Crippen LogP contribution in [0.3, 0.4) is 0 Å². The summed E-state index contributed by atoms with van der Waals surface area (Å²) in [5, 5.41) is 26.4. The number of anilines is 1. The zero-order chi connectivity index (χ0) is 30.0. The summed E-state index contributed by atoms with van der Waals surface area (Å²) >= 11 is 2.20. The number of nitrogen functional groups attached to an aromatic ring is 1. The fourth-order valence-electron chi connectivity index (χ4n) is 4.51. The SMILES string of the molecule is CO/N=C(\C(=O)NC1C(=O)N2C(C(=O)O)=C(Cc3ccc(-c4c[nH]c(C(=O)NC#N)c4)cc3)CSC12)c1nsc(N)n1. The van der Waals surface area contributed by atoms with Gasteiger partial charge in [-0.05, 0) is 34.8 Å². The van der Waals surface area contributed by atoms with Crippen LogP contribution in [0.15, 0.2) is 53.0 Å². The Balaban J connectivity index is 1.29. The van der Waals surface area contributed by atoms with E-state index in [-0.39, 0.29) is 34.5 Å². The molecule has 1 saturated heterocycles. The van der Waals surface area contributed by atoms with Crippen molar-refractivity contribution in [2.24, 2.45) is 5.16 Å². The average molecular weight is 608 g/mol. The van der Waals surface area contributed by atoms with Crippen LogP contribution in [0.2, 0.25) is 0 Å². The molecule has 6 N–H and O–H groups in total. The van der Waals surface area contributed by atoms with Crippen LogP contribution in [0.25, 0.3) is 11.1 Å². The van der Waals surface area contributed by atoms with E-state index in [1.54, 1.807) is 18.5 Å². The van der Waals surface area contributed by atoms with Crippen molar-refractivity contribution in [1.82, 2.24) is 29.9 Å². The van der Waals surface area contributed by atoms with Gasteiger partial charge in [0.2, 0.25) is 11.5 Å². The van der Waals surface area contributed by atoms with Crippen molar-refractivity contribution >= 4 is 57.8 Å². The number of carboxylic acids is 1. The van der Waals surface area contributed by atoms with Crippen LogP contribution < -0.4 is 16.4 Å². The largest absolute Gasteiger partial charge is 0.477 e. The number of carbonyl (C=O) groups excluding carboxylic acids is 3. The molecule has 5 rings (SSSR count). The molecular weight excluding hydrogens is 586 g/mol. The molecule has 0 aliphatic carbocycles. The Labute approximate surface area is 245 Å². The number of thioether (sulfide) groups is 1. The molecule has 4 heterocycles. The third-order valence-electron chi connectivity index (χ3n) is 6.39. The Kier molecular flexibility index (Phi) is 7.91. The fourth-order valence-corrected chi connectivity index (χ4v) is 6.29. The van der Waals surface area contributed by atoms with Crippen LogP contribution in [0.4, 0.5) is 5.13 Å². The number of benzene rings is 1. The van der Waals surface area contributed by atoms with Crippen molar-refractivity contribution in [3.8, 4) is 17.3 Å². The van der Waals surface area contributed by atoms with Crippen LogP contribution in [-0.2, 0) is 25.6 Å². The van der Waals surface area contributed by atoms with Crippen molar-refractivity contribution in [3.05, 3.63) is 64.9 Å². The Morgan fingerprint density at radius 2 is 2.07 bits per heavy atom. The molecule has 0 spiro atoms. The highest BCUT2D eigenvalue weighted by Gasteiger charge is 2.54. The number of oxime groups is 1. The first kappa shape index (κ1) is 28.3. The standard InChI is InChI=1S/C25H21N9O6S2/c1-40-32-16(19-31-25(27)42-33-19)21(36)30-17-22(37)34-18(24(38)39)14(9-41-23(17)34)6-11-2-4-12(5-3-11)13-7-15(28-8-13)20(35)29-10-26/h2-5,7-8,17,23,28H,6,9H2,1H3,(H,29,35)(H,30,36)(H,38,39)(H2,27,31,33)/b32-16-. The molecule has 0 saturated carbocycles. The first-order valence-electron chi connectivity index (χ1n) is 12.1. The second-order valence-electron chi connectivity index (χ2n) is 8.94. The number of aromatic amines is 1. The predicted molar refractivity (Wildman–Crippen MR) is 151 cm³/mol. The number of nitrogens with zero attached hydrogens (tertiary/aromatic N) is 5. The van der Waals surface area contributed by atoms with Crippen LogP contribution in [0.1, 0.15) is 21.9 Å². The van der Waals surface area contributed by atoms with Crippen LogP contribution in [-0.4, -0.2) is 78.0 Å². The molecule has 1 fully saturated rings. The van der Waals surface area contributed by atoms with E-state index < -0.39 is 35.1 Å². The number of carbonyl (C=O) groups is 4. The zero-order valence-electron chi connectivity index (χ0n) is 21.7. The number of nitrogens with one attached hydrogen (secondary N) is 3. The van der Waals surface area contributed by atoms with Gasteiger partial charge in [-0.25, -0.2) is 4.79 Å². The van der Waals surface area contributed by atoms with Gasteiger partial charge in [-0.2, -0.15) is 14.6 Å². The van der Waals surface area contributed by atoms with Crippen LogP contribution in [0.5, 0.6) is 0 Å². The van der Waals surface area contributed by atoms with E-state index in [0.29, 0.717) is 11.3 Å². The highest BCUT2D eigenvalue weighted by Crippen LogP contribution is 2.41. The van der Waals surface area contributed by atoms with Crippen LogP contribution >= 0.6 is 23.3 Å². The Hall–Kier alpha value is -5.21. The van der Waals surface area contributed by atoms with Gasteiger partial charge in [-0.15, -0.1) is 11.8 Å². The lowest BCUT2D eigenvalue weighted by Crippen LogP contribution is -2.71. The van der Waals surface area contributed by atoms with Crippen molar-refractivity contribution in [2.75, 3.05) is 18.6 Å². The first-order chi connectivity index (χ1) is 20.2. The molecule has 0 bridgehead atoms. The van der Waals surface area contributed by atoms with Gasteiger partial charge < -0.3 is 26.0 Å². The molecule has 2 atom stereocenters. The molecule has 2 unspecified atom stereocenters.